The summed E-state index contributed by atoms with van der Waals surface area (Å²) in [4.78, 5) is 148. The number of aryl methyl sites for hydroxylation is 2. The van der Waals surface area contributed by atoms with E-state index in [1.165, 1.54) is 31.4 Å². The van der Waals surface area contributed by atoms with Crippen molar-refractivity contribution in [2.24, 2.45) is 17.8 Å². The van der Waals surface area contributed by atoms with Crippen LogP contribution in [-0.4, -0.2) is 205 Å². The average Bonchev–Trinajstić information content (AvgIpc) is 1.57. The van der Waals surface area contributed by atoms with Crippen LogP contribution in [-0.2, 0) is 95.2 Å². The van der Waals surface area contributed by atoms with Gasteiger partial charge in [-0.25, -0.2) is 4.79 Å². The molecule has 10 aromatic rings. The minimum atomic E-state index is -0.503. The Balaban J connectivity index is 0.000000140. The Morgan fingerprint density at radius 3 is 1.46 bits per heavy atom. The molecule has 656 valence electrons. The van der Waals surface area contributed by atoms with Gasteiger partial charge < -0.3 is 67.2 Å². The van der Waals surface area contributed by atoms with E-state index in [-0.39, 0.29) is 108 Å². The maximum Gasteiger partial charge on any atom is 0.354 e. The molecule has 0 radical (unpaired) electrons. The molecule has 0 unspecified atom stereocenters. The van der Waals surface area contributed by atoms with Crippen LogP contribution in [0.15, 0.2) is 179 Å². The molecule has 0 spiro atoms. The average molecular weight is 1920 g/mol. The third kappa shape index (κ3) is 19.7. The van der Waals surface area contributed by atoms with Gasteiger partial charge in [0.25, 0.3) is 11.8 Å². The lowest BCUT2D eigenvalue weighted by molar-refractivity contribution is -0.134. The first-order valence-corrected chi connectivity index (χ1v) is 44.9. The highest BCUT2D eigenvalue weighted by Gasteiger charge is 2.41. The lowest BCUT2D eigenvalue weighted by atomic mass is 9.94. The number of nitrogens with zero attached hydrogens (tertiary/aromatic N) is 10. The van der Waals surface area contributed by atoms with Crippen molar-refractivity contribution in [3.05, 3.63) is 246 Å². The van der Waals surface area contributed by atoms with Crippen LogP contribution in [0.4, 0.5) is 0 Å². The van der Waals surface area contributed by atoms with Gasteiger partial charge in [0.15, 0.2) is 17.3 Å². The van der Waals surface area contributed by atoms with Crippen LogP contribution in [0.5, 0.6) is 11.5 Å². The number of halogens is 4. The molecule has 5 fully saturated rings. The quantitative estimate of drug-likeness (QED) is 0.0412. The number of fused-ring (bicyclic) bond motifs is 6. The number of amides is 7. The summed E-state index contributed by atoms with van der Waals surface area (Å²) in [5, 5.41) is 7.09. The van der Waals surface area contributed by atoms with Crippen LogP contribution in [0.2, 0.25) is 5.02 Å². The molecular formula is C97H101Br3ClN11O14. The Hall–Kier alpha value is -11.5. The van der Waals surface area contributed by atoms with E-state index in [1.54, 1.807) is 44.5 Å². The normalized spacial score (nSPS) is 15.5. The molecular weight excluding hydrogens is 1820 g/mol. The Bertz CT molecular complexity index is 6090. The van der Waals surface area contributed by atoms with Gasteiger partial charge >= 0.3 is 5.97 Å². The van der Waals surface area contributed by atoms with Gasteiger partial charge in [0.2, 0.25) is 29.5 Å². The maximum absolute atomic E-state index is 14.3. The molecule has 25 nitrogen and oxygen atoms in total. The molecule has 4 saturated heterocycles. The van der Waals surface area contributed by atoms with Crippen LogP contribution < -0.4 is 14.8 Å². The fraction of sp³-hybridized carbons (Fsp3) is 0.351. The first kappa shape index (κ1) is 90.8. The molecule has 17 rings (SSSR count). The second kappa shape index (κ2) is 39.2. The van der Waals surface area contributed by atoms with E-state index in [0.29, 0.717) is 126 Å². The van der Waals surface area contributed by atoms with Crippen LogP contribution >= 0.6 is 59.4 Å². The van der Waals surface area contributed by atoms with E-state index >= 15 is 0 Å². The van der Waals surface area contributed by atoms with E-state index < -0.39 is 5.97 Å². The van der Waals surface area contributed by atoms with Crippen molar-refractivity contribution in [1.82, 2.24) is 53.0 Å². The van der Waals surface area contributed by atoms with Gasteiger partial charge in [0.1, 0.15) is 23.7 Å². The van der Waals surface area contributed by atoms with Gasteiger partial charge in [-0.1, -0.05) is 110 Å². The summed E-state index contributed by atoms with van der Waals surface area (Å²) in [6.45, 7) is 27.5. The number of carbonyl (C=O) groups is 11. The van der Waals surface area contributed by atoms with Crippen molar-refractivity contribution < 1.29 is 67.0 Å². The molecule has 7 amide bonds. The zero-order valence-electron chi connectivity index (χ0n) is 71.5. The summed E-state index contributed by atoms with van der Waals surface area (Å²) in [6, 6.07) is 35.0. The topological polar surface area (TPSA) is 267 Å². The van der Waals surface area contributed by atoms with Crippen LogP contribution in [0.25, 0.3) is 43.6 Å². The number of carbonyl (C=O) groups excluding carboxylic acids is 11. The van der Waals surface area contributed by atoms with Crippen molar-refractivity contribution in [2.45, 2.75) is 117 Å². The summed E-state index contributed by atoms with van der Waals surface area (Å²) in [5.41, 5.74) is 13.6. The summed E-state index contributed by atoms with van der Waals surface area (Å²) in [7, 11) is 4.66. The molecule has 1 N–H and O–H groups in total. The number of nitrogens with one attached hydrogen (secondary N) is 1. The highest BCUT2D eigenvalue weighted by atomic mass is 79.9. The number of ketones is 3. The van der Waals surface area contributed by atoms with Gasteiger partial charge in [-0.15, -0.1) is 0 Å². The summed E-state index contributed by atoms with van der Waals surface area (Å²) in [5.74, 6) is 1.85. The first-order valence-electron chi connectivity index (χ1n) is 42.1. The zero-order chi connectivity index (χ0) is 89.8. The Kier molecular flexibility index (Phi) is 28.2. The number of hydrogen-bond donors (Lipinski definition) is 1. The van der Waals surface area contributed by atoms with Gasteiger partial charge in [-0.05, 0) is 178 Å². The Labute approximate surface area is 761 Å². The summed E-state index contributed by atoms with van der Waals surface area (Å²) in [6.07, 6.45) is 11.9. The third-order valence-electron chi connectivity index (χ3n) is 24.7. The fourth-order valence-electron chi connectivity index (χ4n) is 18.3. The van der Waals surface area contributed by atoms with Crippen molar-refractivity contribution in [3.8, 4) is 11.5 Å². The molecule has 1 saturated carbocycles. The predicted octanol–water partition coefficient (Wildman–Crippen LogP) is 14.8. The molecule has 6 aliphatic heterocycles. The highest BCUT2D eigenvalue weighted by molar-refractivity contribution is 9.11. The van der Waals surface area contributed by atoms with E-state index in [0.717, 1.165) is 139 Å². The maximum atomic E-state index is 14.3. The van der Waals surface area contributed by atoms with E-state index in [9.17, 15) is 52.7 Å². The number of ether oxygens (including phenoxy) is 3. The molecule has 126 heavy (non-hydrogen) atoms. The number of rotatable bonds is 25. The van der Waals surface area contributed by atoms with Crippen molar-refractivity contribution in [2.75, 3.05) is 86.8 Å². The van der Waals surface area contributed by atoms with Crippen molar-refractivity contribution >= 4 is 168 Å². The number of methoxy groups -OCH3 is 3. The summed E-state index contributed by atoms with van der Waals surface area (Å²) >= 11 is 17.0. The molecule has 4 aromatic heterocycles. The lowest BCUT2D eigenvalue weighted by Crippen LogP contribution is -2.61. The number of hydrogen-bond acceptors (Lipinski definition) is 14. The Morgan fingerprint density at radius 1 is 0.484 bits per heavy atom. The monoisotopic (exact) mass is 1920 g/mol. The summed E-state index contributed by atoms with van der Waals surface area (Å²) < 4.78 is 26.4. The van der Waals surface area contributed by atoms with E-state index in [4.69, 9.17) is 25.8 Å². The predicted molar refractivity (Wildman–Crippen MR) is 495 cm³/mol. The second-order valence-corrected chi connectivity index (χ2v) is 36.6. The molecule has 0 atom stereocenters. The molecule has 6 aromatic carbocycles. The van der Waals surface area contributed by atoms with Gasteiger partial charge in [0.05, 0.1) is 69.2 Å². The van der Waals surface area contributed by atoms with E-state index in [1.807, 2.05) is 137 Å². The molecule has 1 aliphatic carbocycles. The lowest BCUT2D eigenvalue weighted by Gasteiger charge is -2.38. The van der Waals surface area contributed by atoms with E-state index in [2.05, 4.69) is 96.1 Å². The van der Waals surface area contributed by atoms with Crippen LogP contribution in [0, 0.1) is 38.5 Å². The standard InChI is InChI=1S/C32H34ClN3O4.C30H32BrN3O4.C18H18BrN3O4.C17H17BrN2O2/c1-4-28(38)35-15-20(16-35)13-24(37)18-36-30-19(2)12-23(33)14-26(30)29(31(36)21-8-9-21)32(39)34-11-10-25-22(17-34)6-5-7-27(25)40-3;1-5-27(36)33-14-20(15-33)12-23(35)17-34-19(3)28(25-13-22(31)11-18(2)29(25)34)30(37)32-10-9-24-21(16-32)7-6-8-26(24)38-4;1-3-17(24)21-8-13(9-21)20-16(23)10-22-14-5-4-12(19)6-11(14)7-15(22)18(25)26-2;1-2-17(22)20-9-12(10-20)7-15(21)11-19-6-5-13-8-14(18)3-4-16(13)19/h4-7,12,14,20-21H,1,8-11,13,15-18H2,2-3H3;5-8,11,13,20H,1,9-10,12,14-17H2,2-4H3;3-7,13H,1,8-10H2,2H3,(H,20,23);2-6,8,12H,1,7,9-11H2. The van der Waals surface area contributed by atoms with Crippen LogP contribution in [0.1, 0.15) is 114 Å². The largest absolute Gasteiger partial charge is 0.496 e. The zero-order valence-corrected chi connectivity index (χ0v) is 77.0. The minimum Gasteiger partial charge on any atom is -0.496 e. The number of likely N-dealkylation sites (tertiary alicyclic amines) is 4. The molecule has 29 heteroatoms. The molecule has 10 heterocycles. The van der Waals surface area contributed by atoms with Gasteiger partial charge in [-0.2, -0.15) is 0 Å². The van der Waals surface area contributed by atoms with Gasteiger partial charge in [0, 0.05) is 201 Å². The number of aromatic nitrogens is 4. The van der Waals surface area contributed by atoms with Gasteiger partial charge in [-0.3, -0.25) is 47.9 Å². The second-order valence-electron chi connectivity index (χ2n) is 33.4. The number of benzene rings is 6. The van der Waals surface area contributed by atoms with Crippen molar-refractivity contribution in [3.63, 3.8) is 0 Å². The van der Waals surface area contributed by atoms with Crippen LogP contribution in [0.3, 0.4) is 0 Å². The highest BCUT2D eigenvalue weighted by Crippen LogP contribution is 2.48. The smallest absolute Gasteiger partial charge is 0.354 e. The Morgan fingerprint density at radius 2 is 0.952 bits per heavy atom. The number of esters is 1. The molecule has 7 aliphatic rings. The van der Waals surface area contributed by atoms with Crippen molar-refractivity contribution in [1.29, 1.82) is 0 Å². The first-order chi connectivity index (χ1) is 60.5. The molecule has 0 bridgehead atoms. The third-order valence-corrected chi connectivity index (χ3v) is 26.4. The number of Topliss-reactive ketones (excluding diaryl/α,β-unsaturated/α-hetero) is 3. The fourth-order valence-corrected chi connectivity index (χ4v) is 19.9. The SMILES string of the molecule is C=CC(=O)N1CC(CC(=O)Cn2c(C)c(C(=O)N3CCc4c(cccc4OC)C3)c3cc(Br)cc(C)c32)C1.C=CC(=O)N1CC(CC(=O)Cn2c(C3CC3)c(C(=O)N3CCc4c(cccc4OC)C3)c3cc(Cl)cc(C)c32)C1.C=CC(=O)N1CC(CC(=O)Cn2ccc3cc(Br)ccc32)C1.C=CC(=O)N1CC(NC(=O)Cn2c(C(=O)OC)cc3cc(Br)ccc32)C1. The minimum absolute atomic E-state index is 0.00851.